The smallest absolute Gasteiger partial charge is 0.311 e. The summed E-state index contributed by atoms with van der Waals surface area (Å²) in [6, 6.07) is 2.90. The fraction of sp³-hybridized carbons (Fsp3) is 0.182. The molecule has 94 valence electrons. The average molecular weight is 264 g/mol. The molecule has 0 aliphatic rings. The molecule has 6 nitrogen and oxygen atoms in total. The Morgan fingerprint density at radius 2 is 2.28 bits per heavy atom. The second-order valence-corrected chi connectivity index (χ2v) is 4.54. The number of anilines is 2. The number of thiophene rings is 1. The van der Waals surface area contributed by atoms with Crippen LogP contribution in [0.1, 0.15) is 11.1 Å². The molecule has 0 atom stereocenters. The largest absolute Gasteiger partial charge is 0.378 e. The van der Waals surface area contributed by atoms with Crippen molar-refractivity contribution in [2.24, 2.45) is 0 Å². The van der Waals surface area contributed by atoms with Gasteiger partial charge in [-0.25, -0.2) is 4.98 Å². The lowest BCUT2D eigenvalue weighted by Gasteiger charge is -2.06. The van der Waals surface area contributed by atoms with Crippen LogP contribution in [0.25, 0.3) is 0 Å². The molecular formula is C11H12N4O2S. The van der Waals surface area contributed by atoms with Crippen molar-refractivity contribution in [2.75, 3.05) is 11.1 Å². The predicted molar refractivity (Wildman–Crippen MR) is 71.7 cm³/mol. The first-order chi connectivity index (χ1) is 8.58. The second kappa shape index (κ2) is 5.01. The first kappa shape index (κ1) is 12.3. The van der Waals surface area contributed by atoms with Crippen molar-refractivity contribution in [3.63, 3.8) is 0 Å². The number of nitrogens with one attached hydrogen (secondary N) is 1. The Kier molecular flexibility index (Phi) is 3.42. The first-order valence-electron chi connectivity index (χ1n) is 5.24. The number of aryl methyl sites for hydroxylation is 1. The highest BCUT2D eigenvalue weighted by molar-refractivity contribution is 7.08. The van der Waals surface area contributed by atoms with E-state index in [1.165, 1.54) is 17.2 Å². The standard InChI is InChI=1S/C11H12N4O2S/c1-7-5-18-6-8(7)4-13-10-3-2-9(15(16)17)11(12)14-10/h2-3,5-6H,4H2,1H3,(H3,12,13,14). The molecule has 2 heterocycles. The minimum absolute atomic E-state index is 0.0768. The summed E-state index contributed by atoms with van der Waals surface area (Å²) in [5.74, 6) is 0.454. The SMILES string of the molecule is Cc1cscc1CNc1ccc([N+](=O)[O-])c(N)n1. The number of nitrogen functional groups attached to an aromatic ring is 1. The molecule has 0 spiro atoms. The predicted octanol–water partition coefficient (Wildman–Crippen LogP) is 2.55. The Labute approximate surface area is 108 Å². The average Bonchev–Trinajstić information content (AvgIpc) is 2.72. The summed E-state index contributed by atoms with van der Waals surface area (Å²) in [6.07, 6.45) is 0. The van der Waals surface area contributed by atoms with E-state index in [4.69, 9.17) is 5.73 Å². The van der Waals surface area contributed by atoms with Gasteiger partial charge in [0.05, 0.1) is 4.92 Å². The maximum atomic E-state index is 10.6. The molecule has 3 N–H and O–H groups in total. The van der Waals surface area contributed by atoms with Crippen molar-refractivity contribution in [1.29, 1.82) is 0 Å². The van der Waals surface area contributed by atoms with E-state index in [0.29, 0.717) is 12.4 Å². The van der Waals surface area contributed by atoms with Gasteiger partial charge in [-0.1, -0.05) is 0 Å². The highest BCUT2D eigenvalue weighted by Gasteiger charge is 2.12. The van der Waals surface area contributed by atoms with Gasteiger partial charge in [0.2, 0.25) is 5.82 Å². The number of nitro groups is 1. The van der Waals surface area contributed by atoms with Gasteiger partial charge in [-0.15, -0.1) is 0 Å². The van der Waals surface area contributed by atoms with E-state index in [1.807, 2.05) is 6.92 Å². The zero-order valence-electron chi connectivity index (χ0n) is 9.71. The van der Waals surface area contributed by atoms with Crippen LogP contribution in [-0.2, 0) is 6.54 Å². The number of hydrogen-bond acceptors (Lipinski definition) is 6. The van der Waals surface area contributed by atoms with Crippen molar-refractivity contribution >= 4 is 28.7 Å². The molecule has 0 radical (unpaired) electrons. The Hall–Kier alpha value is -2.15. The molecule has 2 aromatic heterocycles. The van der Waals surface area contributed by atoms with Gasteiger partial charge in [0, 0.05) is 12.6 Å². The van der Waals surface area contributed by atoms with Crippen molar-refractivity contribution < 1.29 is 4.92 Å². The van der Waals surface area contributed by atoms with E-state index in [0.717, 1.165) is 0 Å². The van der Waals surface area contributed by atoms with Crippen LogP contribution in [0.2, 0.25) is 0 Å². The third-order valence-electron chi connectivity index (χ3n) is 2.52. The minimum atomic E-state index is -0.546. The molecule has 0 saturated carbocycles. The molecule has 0 aliphatic heterocycles. The number of aromatic nitrogens is 1. The van der Waals surface area contributed by atoms with Crippen LogP contribution in [0.5, 0.6) is 0 Å². The molecule has 0 amide bonds. The summed E-state index contributed by atoms with van der Waals surface area (Å²) in [5.41, 5.74) is 7.73. The Morgan fingerprint density at radius 3 is 2.83 bits per heavy atom. The van der Waals surface area contributed by atoms with E-state index in [1.54, 1.807) is 17.4 Å². The van der Waals surface area contributed by atoms with Gasteiger partial charge in [0.1, 0.15) is 5.82 Å². The van der Waals surface area contributed by atoms with Gasteiger partial charge < -0.3 is 11.1 Å². The van der Waals surface area contributed by atoms with Crippen molar-refractivity contribution in [2.45, 2.75) is 13.5 Å². The zero-order valence-corrected chi connectivity index (χ0v) is 10.5. The number of nitrogens with two attached hydrogens (primary N) is 1. The molecule has 7 heteroatoms. The highest BCUT2D eigenvalue weighted by Crippen LogP contribution is 2.21. The van der Waals surface area contributed by atoms with Crippen molar-refractivity contribution in [1.82, 2.24) is 4.98 Å². The molecule has 0 fully saturated rings. The molecule has 0 aromatic carbocycles. The van der Waals surface area contributed by atoms with Crippen LogP contribution in [-0.4, -0.2) is 9.91 Å². The van der Waals surface area contributed by atoms with Crippen LogP contribution in [0.4, 0.5) is 17.3 Å². The van der Waals surface area contributed by atoms with E-state index in [9.17, 15) is 10.1 Å². The van der Waals surface area contributed by atoms with Crippen molar-refractivity contribution in [3.05, 3.63) is 44.1 Å². The summed E-state index contributed by atoms with van der Waals surface area (Å²) in [5, 5.41) is 17.8. The van der Waals surface area contributed by atoms with E-state index >= 15 is 0 Å². The molecule has 2 aromatic rings. The summed E-state index contributed by atoms with van der Waals surface area (Å²) < 4.78 is 0. The molecule has 2 rings (SSSR count). The fourth-order valence-corrected chi connectivity index (χ4v) is 2.33. The number of rotatable bonds is 4. The van der Waals surface area contributed by atoms with Gasteiger partial charge in [-0.05, 0) is 34.9 Å². The summed E-state index contributed by atoms with van der Waals surface area (Å²) >= 11 is 1.64. The van der Waals surface area contributed by atoms with Gasteiger partial charge in [-0.3, -0.25) is 10.1 Å². The third-order valence-corrected chi connectivity index (χ3v) is 3.43. The van der Waals surface area contributed by atoms with Crippen LogP contribution < -0.4 is 11.1 Å². The van der Waals surface area contributed by atoms with Crippen LogP contribution >= 0.6 is 11.3 Å². The van der Waals surface area contributed by atoms with Crippen LogP contribution in [0.15, 0.2) is 22.9 Å². The Balaban J connectivity index is 2.09. The van der Waals surface area contributed by atoms with Gasteiger partial charge >= 0.3 is 5.69 Å². The maximum Gasteiger partial charge on any atom is 0.311 e. The van der Waals surface area contributed by atoms with E-state index in [-0.39, 0.29) is 11.5 Å². The van der Waals surface area contributed by atoms with Crippen molar-refractivity contribution in [3.8, 4) is 0 Å². The molecule has 18 heavy (non-hydrogen) atoms. The minimum Gasteiger partial charge on any atom is -0.378 e. The zero-order chi connectivity index (χ0) is 13.1. The lowest BCUT2D eigenvalue weighted by atomic mass is 10.2. The highest BCUT2D eigenvalue weighted by atomic mass is 32.1. The number of hydrogen-bond donors (Lipinski definition) is 2. The Bertz CT molecular complexity index is 582. The molecule has 0 unspecified atom stereocenters. The van der Waals surface area contributed by atoms with Gasteiger partial charge in [0.25, 0.3) is 0 Å². The summed E-state index contributed by atoms with van der Waals surface area (Å²) in [7, 11) is 0. The van der Waals surface area contributed by atoms with E-state index in [2.05, 4.69) is 21.1 Å². The molecular weight excluding hydrogens is 252 g/mol. The fourth-order valence-electron chi connectivity index (χ4n) is 1.47. The maximum absolute atomic E-state index is 10.6. The van der Waals surface area contributed by atoms with Gasteiger partial charge in [0.15, 0.2) is 0 Å². The molecule has 0 bridgehead atoms. The number of pyridine rings is 1. The lowest BCUT2D eigenvalue weighted by molar-refractivity contribution is -0.384. The summed E-state index contributed by atoms with van der Waals surface area (Å²) in [4.78, 5) is 14.0. The monoisotopic (exact) mass is 264 g/mol. The lowest BCUT2D eigenvalue weighted by Crippen LogP contribution is -2.04. The normalized spacial score (nSPS) is 10.3. The second-order valence-electron chi connectivity index (χ2n) is 3.79. The quantitative estimate of drug-likeness (QED) is 0.653. The Morgan fingerprint density at radius 1 is 1.50 bits per heavy atom. The van der Waals surface area contributed by atoms with E-state index < -0.39 is 4.92 Å². The summed E-state index contributed by atoms with van der Waals surface area (Å²) in [6.45, 7) is 2.66. The van der Waals surface area contributed by atoms with Gasteiger partial charge in [-0.2, -0.15) is 11.3 Å². The molecule has 0 saturated heterocycles. The van der Waals surface area contributed by atoms with Crippen LogP contribution in [0, 0.1) is 17.0 Å². The molecule has 0 aliphatic carbocycles. The van der Waals surface area contributed by atoms with Crippen LogP contribution in [0.3, 0.4) is 0 Å². The first-order valence-corrected chi connectivity index (χ1v) is 6.18. The number of nitrogens with zero attached hydrogens (tertiary/aromatic N) is 2. The topological polar surface area (TPSA) is 94.1 Å². The third kappa shape index (κ3) is 2.57.